The molecule has 25 heavy (non-hydrogen) atoms. The Labute approximate surface area is 149 Å². The molecule has 6 nitrogen and oxygen atoms in total. The highest BCUT2D eigenvalue weighted by atomic mass is 32.2. The first-order chi connectivity index (χ1) is 12.0. The molecule has 0 radical (unpaired) electrons. The number of nitrogens with one attached hydrogen (secondary N) is 1. The second kappa shape index (κ2) is 7.85. The SMILES string of the molecule is CN(C[C@H]1CCCCO1)C(=O)c1cccc(S(=O)(=O)NC2CCC2)c1. The first-order valence-corrected chi connectivity index (χ1v) is 10.4. The van der Waals surface area contributed by atoms with Gasteiger partial charge in [-0.15, -0.1) is 0 Å². The van der Waals surface area contributed by atoms with Crippen LogP contribution in [0.15, 0.2) is 29.2 Å². The minimum absolute atomic E-state index is 0.0236. The topological polar surface area (TPSA) is 75.7 Å². The van der Waals surface area contributed by atoms with E-state index in [1.807, 2.05) is 0 Å². The Bertz CT molecular complexity index is 710. The summed E-state index contributed by atoms with van der Waals surface area (Å²) in [5.41, 5.74) is 0.384. The third-order valence-electron chi connectivity index (χ3n) is 4.92. The molecule has 0 bridgehead atoms. The van der Waals surface area contributed by atoms with Crippen LogP contribution in [0.4, 0.5) is 0 Å². The van der Waals surface area contributed by atoms with E-state index in [1.54, 1.807) is 24.1 Å². The van der Waals surface area contributed by atoms with Crippen molar-refractivity contribution in [2.75, 3.05) is 20.2 Å². The van der Waals surface area contributed by atoms with Crippen molar-refractivity contribution in [3.05, 3.63) is 29.8 Å². The molecule has 1 saturated carbocycles. The lowest BCUT2D eigenvalue weighted by Gasteiger charge is -2.28. The van der Waals surface area contributed by atoms with Crippen LogP contribution in [-0.4, -0.2) is 51.6 Å². The Kier molecular flexibility index (Phi) is 5.76. The molecule has 1 amide bonds. The van der Waals surface area contributed by atoms with Gasteiger partial charge in [0.1, 0.15) is 0 Å². The second-order valence-electron chi connectivity index (χ2n) is 6.95. The smallest absolute Gasteiger partial charge is 0.253 e. The lowest BCUT2D eigenvalue weighted by atomic mass is 9.94. The zero-order valence-corrected chi connectivity index (χ0v) is 15.4. The van der Waals surface area contributed by atoms with Crippen molar-refractivity contribution in [2.45, 2.75) is 55.6 Å². The number of amides is 1. The molecule has 0 aromatic heterocycles. The number of rotatable bonds is 6. The van der Waals surface area contributed by atoms with Crippen LogP contribution >= 0.6 is 0 Å². The van der Waals surface area contributed by atoms with Crippen LogP contribution < -0.4 is 4.72 Å². The minimum atomic E-state index is -3.57. The maximum atomic E-state index is 12.6. The van der Waals surface area contributed by atoms with Gasteiger partial charge >= 0.3 is 0 Å². The van der Waals surface area contributed by atoms with Crippen molar-refractivity contribution in [1.82, 2.24) is 9.62 Å². The van der Waals surface area contributed by atoms with E-state index in [0.717, 1.165) is 45.1 Å². The predicted octanol–water partition coefficient (Wildman–Crippen LogP) is 2.16. The summed E-state index contributed by atoms with van der Waals surface area (Å²) in [5, 5.41) is 0. The Morgan fingerprint density at radius 3 is 2.68 bits per heavy atom. The van der Waals surface area contributed by atoms with Crippen LogP contribution in [0.2, 0.25) is 0 Å². The molecule has 7 heteroatoms. The van der Waals surface area contributed by atoms with Crippen LogP contribution in [0, 0.1) is 0 Å². The maximum Gasteiger partial charge on any atom is 0.253 e. The highest BCUT2D eigenvalue weighted by Crippen LogP contribution is 2.22. The van der Waals surface area contributed by atoms with Gasteiger partial charge in [0.05, 0.1) is 11.0 Å². The summed E-state index contributed by atoms with van der Waals surface area (Å²) in [6.07, 6.45) is 6.02. The summed E-state index contributed by atoms with van der Waals surface area (Å²) >= 11 is 0. The number of nitrogens with zero attached hydrogens (tertiary/aromatic N) is 1. The Balaban J connectivity index is 1.68. The van der Waals surface area contributed by atoms with Crippen molar-refractivity contribution in [2.24, 2.45) is 0 Å². The first kappa shape index (κ1) is 18.4. The van der Waals surface area contributed by atoms with E-state index in [0.29, 0.717) is 12.1 Å². The number of ether oxygens (including phenoxy) is 1. The predicted molar refractivity (Wildman–Crippen MR) is 95.0 cm³/mol. The molecule has 1 aliphatic heterocycles. The molecule has 2 fully saturated rings. The number of hydrogen-bond donors (Lipinski definition) is 1. The van der Waals surface area contributed by atoms with Crippen LogP contribution in [0.5, 0.6) is 0 Å². The Morgan fingerprint density at radius 2 is 2.04 bits per heavy atom. The summed E-state index contributed by atoms with van der Waals surface area (Å²) in [6, 6.07) is 6.29. The first-order valence-electron chi connectivity index (χ1n) is 8.95. The van der Waals surface area contributed by atoms with Crippen molar-refractivity contribution in [1.29, 1.82) is 0 Å². The molecule has 3 rings (SSSR count). The molecule has 1 aliphatic carbocycles. The Hall–Kier alpha value is -1.44. The molecular formula is C18H26N2O4S. The highest BCUT2D eigenvalue weighted by Gasteiger charge is 2.26. The van der Waals surface area contributed by atoms with Crippen LogP contribution in [0.3, 0.4) is 0 Å². The zero-order chi connectivity index (χ0) is 17.9. The van der Waals surface area contributed by atoms with Crippen LogP contribution in [0.25, 0.3) is 0 Å². The molecule has 0 unspecified atom stereocenters. The molecule has 138 valence electrons. The van der Waals surface area contributed by atoms with Crippen LogP contribution in [-0.2, 0) is 14.8 Å². The van der Waals surface area contributed by atoms with Gasteiger partial charge in [-0.1, -0.05) is 12.5 Å². The lowest BCUT2D eigenvalue weighted by molar-refractivity contribution is -0.000192. The lowest BCUT2D eigenvalue weighted by Crippen LogP contribution is -2.39. The standard InChI is InChI=1S/C18H26N2O4S/c1-20(13-16-9-2-3-11-24-16)18(21)14-6-4-10-17(12-14)25(22,23)19-15-7-5-8-15/h4,6,10,12,15-16,19H,2-3,5,7-9,11,13H2,1H3/t16-/m1/s1. The van der Waals surface area contributed by atoms with Gasteiger partial charge in [0, 0.05) is 31.8 Å². The van der Waals surface area contributed by atoms with E-state index >= 15 is 0 Å². The third-order valence-corrected chi connectivity index (χ3v) is 6.43. The Morgan fingerprint density at radius 1 is 1.24 bits per heavy atom. The fourth-order valence-corrected chi connectivity index (χ4v) is 4.52. The molecule has 1 heterocycles. The normalized spacial score (nSPS) is 21.6. The largest absolute Gasteiger partial charge is 0.376 e. The van der Waals surface area contributed by atoms with Crippen molar-refractivity contribution >= 4 is 15.9 Å². The monoisotopic (exact) mass is 366 g/mol. The van der Waals surface area contributed by atoms with Crippen LogP contribution in [0.1, 0.15) is 48.9 Å². The summed E-state index contributed by atoms with van der Waals surface area (Å²) in [7, 11) is -1.84. The van der Waals surface area contributed by atoms with E-state index < -0.39 is 10.0 Å². The molecule has 2 aliphatic rings. The number of benzene rings is 1. The molecule has 1 N–H and O–H groups in total. The average Bonchev–Trinajstić information content (AvgIpc) is 2.58. The number of sulfonamides is 1. The number of carbonyl (C=O) groups excluding carboxylic acids is 1. The summed E-state index contributed by atoms with van der Waals surface area (Å²) in [6.45, 7) is 1.27. The summed E-state index contributed by atoms with van der Waals surface area (Å²) in [5.74, 6) is -0.185. The van der Waals surface area contributed by atoms with Crippen molar-refractivity contribution < 1.29 is 17.9 Å². The van der Waals surface area contributed by atoms with Gasteiger partial charge in [0.15, 0.2) is 0 Å². The number of hydrogen-bond acceptors (Lipinski definition) is 4. The minimum Gasteiger partial charge on any atom is -0.376 e. The highest BCUT2D eigenvalue weighted by molar-refractivity contribution is 7.89. The van der Waals surface area contributed by atoms with E-state index in [9.17, 15) is 13.2 Å². The number of likely N-dealkylation sites (N-methyl/N-ethyl adjacent to an activating group) is 1. The molecule has 1 aromatic carbocycles. The van der Waals surface area contributed by atoms with E-state index in [4.69, 9.17) is 4.74 Å². The molecular weight excluding hydrogens is 340 g/mol. The van der Waals surface area contributed by atoms with E-state index in [-0.39, 0.29) is 22.9 Å². The third kappa shape index (κ3) is 4.59. The van der Waals surface area contributed by atoms with Gasteiger partial charge in [-0.2, -0.15) is 0 Å². The molecule has 0 spiro atoms. The summed E-state index contributed by atoms with van der Waals surface area (Å²) in [4.78, 5) is 14.4. The van der Waals surface area contributed by atoms with Gasteiger partial charge in [-0.05, 0) is 50.3 Å². The van der Waals surface area contributed by atoms with Crippen molar-refractivity contribution in [3.63, 3.8) is 0 Å². The zero-order valence-electron chi connectivity index (χ0n) is 14.6. The van der Waals surface area contributed by atoms with Gasteiger partial charge in [-0.25, -0.2) is 13.1 Å². The quantitative estimate of drug-likeness (QED) is 0.837. The maximum absolute atomic E-state index is 12.6. The van der Waals surface area contributed by atoms with Crippen molar-refractivity contribution in [3.8, 4) is 0 Å². The molecule has 1 atom stereocenters. The fourth-order valence-electron chi connectivity index (χ4n) is 3.17. The van der Waals surface area contributed by atoms with E-state index in [1.165, 1.54) is 12.1 Å². The van der Waals surface area contributed by atoms with Gasteiger partial charge in [0.2, 0.25) is 10.0 Å². The fraction of sp³-hybridized carbons (Fsp3) is 0.611. The van der Waals surface area contributed by atoms with Gasteiger partial charge in [0.25, 0.3) is 5.91 Å². The molecule has 1 aromatic rings. The summed E-state index contributed by atoms with van der Waals surface area (Å²) < 4.78 is 33.3. The molecule has 1 saturated heterocycles. The average molecular weight is 366 g/mol. The van der Waals surface area contributed by atoms with E-state index in [2.05, 4.69) is 4.72 Å². The number of carbonyl (C=O) groups is 1. The second-order valence-corrected chi connectivity index (χ2v) is 8.67. The van der Waals surface area contributed by atoms with Gasteiger partial charge in [-0.3, -0.25) is 4.79 Å². The van der Waals surface area contributed by atoms with Gasteiger partial charge < -0.3 is 9.64 Å².